The molecule has 2 N–H and O–H groups in total. The Balaban J connectivity index is 1.78. The third kappa shape index (κ3) is 4.75. The van der Waals surface area contributed by atoms with Crippen LogP contribution in [0.4, 0.5) is 0 Å². The van der Waals surface area contributed by atoms with Gasteiger partial charge in [-0.3, -0.25) is 4.90 Å². The Morgan fingerprint density at radius 1 is 1.50 bits per heavy atom. The molecule has 1 aromatic carbocycles. The summed E-state index contributed by atoms with van der Waals surface area (Å²) < 4.78 is 5.81. The Bertz CT molecular complexity index is 475. The smallest absolute Gasteiger partial charge is 0.120 e. The molecule has 1 aliphatic rings. The van der Waals surface area contributed by atoms with E-state index < -0.39 is 0 Å². The molecule has 20 heavy (non-hydrogen) atoms. The third-order valence-corrected chi connectivity index (χ3v) is 4.56. The molecule has 2 rings (SSSR count). The lowest BCUT2D eigenvalue weighted by Gasteiger charge is -2.23. The van der Waals surface area contributed by atoms with Crippen LogP contribution < -0.4 is 10.5 Å². The molecule has 3 nitrogen and oxygen atoms in total. The van der Waals surface area contributed by atoms with Gasteiger partial charge in [0.25, 0.3) is 0 Å². The topological polar surface area (TPSA) is 38.5 Å². The Labute approximate surface area is 125 Å². The second-order valence-electron chi connectivity index (χ2n) is 4.88. The van der Waals surface area contributed by atoms with E-state index in [1.807, 2.05) is 36.0 Å². The normalized spacial score (nSPS) is 17.9. The van der Waals surface area contributed by atoms with Gasteiger partial charge in [-0.25, -0.2) is 0 Å². The van der Waals surface area contributed by atoms with Crippen molar-refractivity contribution in [2.45, 2.75) is 12.5 Å². The highest BCUT2D eigenvalue weighted by Crippen LogP contribution is 2.21. The van der Waals surface area contributed by atoms with E-state index in [0.29, 0.717) is 19.2 Å². The first kappa shape index (κ1) is 15.2. The molecule has 4 heteroatoms. The molecule has 0 radical (unpaired) electrons. The van der Waals surface area contributed by atoms with Gasteiger partial charge in [-0.15, -0.1) is 0 Å². The number of hydrogen-bond donors (Lipinski definition) is 1. The van der Waals surface area contributed by atoms with E-state index in [4.69, 9.17) is 10.5 Å². The molecule has 1 atom stereocenters. The van der Waals surface area contributed by atoms with Gasteiger partial charge in [-0.1, -0.05) is 17.9 Å². The average Bonchev–Trinajstić information content (AvgIpc) is 3.00. The molecular weight excluding hydrogens is 268 g/mol. The second kappa shape index (κ2) is 8.21. The molecule has 0 aromatic heterocycles. The number of thioether (sulfide) groups is 1. The lowest BCUT2D eigenvalue weighted by Crippen LogP contribution is -2.34. The molecule has 108 valence electrons. The van der Waals surface area contributed by atoms with Gasteiger partial charge in [0.15, 0.2) is 0 Å². The molecule has 0 amide bonds. The molecule has 0 bridgehead atoms. The Morgan fingerprint density at radius 2 is 2.40 bits per heavy atom. The number of nitrogens with two attached hydrogens (primary N) is 1. The van der Waals surface area contributed by atoms with Gasteiger partial charge >= 0.3 is 0 Å². The number of nitrogens with zero attached hydrogens (tertiary/aromatic N) is 1. The van der Waals surface area contributed by atoms with Gasteiger partial charge in [0.05, 0.1) is 6.54 Å². The minimum Gasteiger partial charge on any atom is -0.492 e. The van der Waals surface area contributed by atoms with Gasteiger partial charge in [-0.05, 0) is 37.4 Å². The third-order valence-electron chi connectivity index (χ3n) is 3.41. The van der Waals surface area contributed by atoms with E-state index in [0.717, 1.165) is 17.9 Å². The van der Waals surface area contributed by atoms with Crippen LogP contribution in [0.3, 0.4) is 0 Å². The van der Waals surface area contributed by atoms with Gasteiger partial charge in [-0.2, -0.15) is 11.8 Å². The number of likely N-dealkylation sites (N-methyl/N-ethyl adjacent to an activating group) is 1. The maximum Gasteiger partial charge on any atom is 0.120 e. The van der Waals surface area contributed by atoms with Crippen LogP contribution in [-0.2, 0) is 0 Å². The largest absolute Gasteiger partial charge is 0.492 e. The summed E-state index contributed by atoms with van der Waals surface area (Å²) >= 11 is 2.04. The minimum absolute atomic E-state index is 0.384. The second-order valence-corrected chi connectivity index (χ2v) is 6.03. The van der Waals surface area contributed by atoms with Crippen molar-refractivity contribution >= 4 is 11.8 Å². The minimum atomic E-state index is 0.384. The van der Waals surface area contributed by atoms with Gasteiger partial charge in [0.1, 0.15) is 12.4 Å². The average molecular weight is 290 g/mol. The van der Waals surface area contributed by atoms with Gasteiger partial charge < -0.3 is 10.5 Å². The molecule has 1 heterocycles. The maximum absolute atomic E-state index is 5.81. The van der Waals surface area contributed by atoms with E-state index >= 15 is 0 Å². The van der Waals surface area contributed by atoms with Crippen molar-refractivity contribution < 1.29 is 4.74 Å². The van der Waals surface area contributed by atoms with Gasteiger partial charge in [0.2, 0.25) is 0 Å². The van der Waals surface area contributed by atoms with Crippen molar-refractivity contribution in [1.82, 2.24) is 4.90 Å². The number of benzene rings is 1. The van der Waals surface area contributed by atoms with Crippen LogP contribution in [0.2, 0.25) is 0 Å². The van der Waals surface area contributed by atoms with E-state index in [9.17, 15) is 0 Å². The number of hydrogen-bond acceptors (Lipinski definition) is 4. The highest BCUT2D eigenvalue weighted by Gasteiger charge is 2.19. The van der Waals surface area contributed by atoms with E-state index in [2.05, 4.69) is 23.8 Å². The summed E-state index contributed by atoms with van der Waals surface area (Å²) in [6, 6.07) is 8.59. The summed E-state index contributed by atoms with van der Waals surface area (Å²) in [5, 5.41) is 0. The predicted molar refractivity (Wildman–Crippen MR) is 86.2 cm³/mol. The first-order valence-electron chi connectivity index (χ1n) is 6.99. The lowest BCUT2D eigenvalue weighted by molar-refractivity contribution is 0.202. The van der Waals surface area contributed by atoms with Gasteiger partial charge in [0, 0.05) is 23.9 Å². The van der Waals surface area contributed by atoms with Crippen molar-refractivity contribution in [2.75, 3.05) is 38.2 Å². The fourth-order valence-corrected chi connectivity index (χ4v) is 3.48. The molecule has 0 aliphatic carbocycles. The van der Waals surface area contributed by atoms with Crippen molar-refractivity contribution in [3.8, 4) is 17.6 Å². The molecular formula is C16H22N2OS. The maximum atomic E-state index is 5.81. The fraction of sp³-hybridized carbons (Fsp3) is 0.500. The number of ether oxygens (including phenoxy) is 1. The monoisotopic (exact) mass is 290 g/mol. The van der Waals surface area contributed by atoms with Crippen LogP contribution in [0.15, 0.2) is 24.3 Å². The Kier molecular flexibility index (Phi) is 6.25. The summed E-state index contributed by atoms with van der Waals surface area (Å²) in [6.07, 6.45) is 1.30. The van der Waals surface area contributed by atoms with Crippen molar-refractivity contribution in [2.24, 2.45) is 5.73 Å². The molecule has 1 saturated heterocycles. The molecule has 1 unspecified atom stereocenters. The SMILES string of the molecule is CN(CCOc1cccc(C#CCN)c1)C1CCSC1. The van der Waals surface area contributed by atoms with Crippen molar-refractivity contribution in [1.29, 1.82) is 0 Å². The van der Waals surface area contributed by atoms with Crippen molar-refractivity contribution in [3.63, 3.8) is 0 Å². The zero-order valence-corrected chi connectivity index (χ0v) is 12.8. The molecule has 1 aromatic rings. The first-order valence-corrected chi connectivity index (χ1v) is 8.15. The zero-order valence-electron chi connectivity index (χ0n) is 12.0. The molecule has 0 saturated carbocycles. The van der Waals surface area contributed by atoms with Crippen LogP contribution in [-0.4, -0.2) is 49.2 Å². The lowest BCUT2D eigenvalue weighted by atomic mass is 10.2. The predicted octanol–water partition coefficient (Wildman–Crippen LogP) is 1.81. The Hall–Kier alpha value is -1.15. The quantitative estimate of drug-likeness (QED) is 0.840. The summed E-state index contributed by atoms with van der Waals surface area (Å²) in [5.41, 5.74) is 6.33. The van der Waals surface area contributed by atoms with Crippen LogP contribution in [0.5, 0.6) is 5.75 Å². The molecule has 1 aliphatic heterocycles. The summed E-state index contributed by atoms with van der Waals surface area (Å²) in [5.74, 6) is 9.29. The first-order chi connectivity index (χ1) is 9.79. The van der Waals surface area contributed by atoms with Crippen LogP contribution >= 0.6 is 11.8 Å². The van der Waals surface area contributed by atoms with E-state index in [1.165, 1.54) is 17.9 Å². The van der Waals surface area contributed by atoms with Crippen LogP contribution in [0.25, 0.3) is 0 Å². The number of rotatable bonds is 5. The highest BCUT2D eigenvalue weighted by molar-refractivity contribution is 7.99. The highest BCUT2D eigenvalue weighted by atomic mass is 32.2. The Morgan fingerprint density at radius 3 is 3.15 bits per heavy atom. The molecule has 1 fully saturated rings. The summed E-state index contributed by atoms with van der Waals surface area (Å²) in [4.78, 5) is 2.40. The van der Waals surface area contributed by atoms with Crippen LogP contribution in [0, 0.1) is 11.8 Å². The fourth-order valence-electron chi connectivity index (χ4n) is 2.18. The summed E-state index contributed by atoms with van der Waals surface area (Å²) in [7, 11) is 2.18. The van der Waals surface area contributed by atoms with Crippen molar-refractivity contribution in [3.05, 3.63) is 29.8 Å². The molecule has 0 spiro atoms. The van der Waals surface area contributed by atoms with E-state index in [1.54, 1.807) is 0 Å². The summed E-state index contributed by atoms with van der Waals surface area (Å²) in [6.45, 7) is 2.06. The van der Waals surface area contributed by atoms with E-state index in [-0.39, 0.29) is 0 Å². The zero-order chi connectivity index (χ0) is 14.2. The standard InChI is InChI=1S/C16H22N2OS/c1-18(15-7-11-20-13-15)9-10-19-16-6-2-4-14(12-16)5-3-8-17/h2,4,6,12,15H,7-11,13,17H2,1H3. The van der Waals surface area contributed by atoms with Crippen LogP contribution in [0.1, 0.15) is 12.0 Å².